The Morgan fingerprint density at radius 2 is 1.95 bits per heavy atom. The van der Waals surface area contributed by atoms with Crippen molar-refractivity contribution in [1.82, 2.24) is 0 Å². The lowest BCUT2D eigenvalue weighted by Gasteiger charge is -2.12. The molecule has 0 aliphatic heterocycles. The van der Waals surface area contributed by atoms with Gasteiger partial charge < -0.3 is 5.11 Å². The summed E-state index contributed by atoms with van der Waals surface area (Å²) in [5, 5.41) is 9.10. The number of sulfonamides is 1. The summed E-state index contributed by atoms with van der Waals surface area (Å²) in [7, 11) is -3.87. The van der Waals surface area contributed by atoms with Gasteiger partial charge in [0.15, 0.2) is 0 Å². The Morgan fingerprint density at radius 1 is 1.29 bits per heavy atom. The molecule has 0 bridgehead atoms. The SMILES string of the molecule is Cc1cc(S(=O)(=O)Nc2ccccc2Br)cc(CO)c1F. The number of para-hydroxylation sites is 1. The number of halogens is 2. The second kappa shape index (κ2) is 6.13. The first-order chi connectivity index (χ1) is 9.85. The highest BCUT2D eigenvalue weighted by Gasteiger charge is 2.19. The molecule has 7 heteroatoms. The number of hydrogen-bond donors (Lipinski definition) is 2. The van der Waals surface area contributed by atoms with Crippen molar-refractivity contribution in [2.45, 2.75) is 18.4 Å². The molecular formula is C14H13BrFNO3S. The second-order valence-electron chi connectivity index (χ2n) is 4.46. The van der Waals surface area contributed by atoms with Crippen LogP contribution in [0.15, 0.2) is 45.8 Å². The largest absolute Gasteiger partial charge is 0.392 e. The molecule has 2 rings (SSSR count). The van der Waals surface area contributed by atoms with Gasteiger partial charge in [0, 0.05) is 10.0 Å². The molecular weight excluding hydrogens is 361 g/mol. The number of nitrogens with one attached hydrogen (secondary N) is 1. The van der Waals surface area contributed by atoms with Gasteiger partial charge in [0.25, 0.3) is 10.0 Å². The highest BCUT2D eigenvalue weighted by Crippen LogP contribution is 2.26. The average molecular weight is 374 g/mol. The van der Waals surface area contributed by atoms with Gasteiger partial charge in [0.2, 0.25) is 0 Å². The van der Waals surface area contributed by atoms with E-state index in [9.17, 15) is 12.8 Å². The number of aryl methyl sites for hydroxylation is 1. The van der Waals surface area contributed by atoms with E-state index >= 15 is 0 Å². The smallest absolute Gasteiger partial charge is 0.261 e. The minimum atomic E-state index is -3.87. The zero-order valence-electron chi connectivity index (χ0n) is 11.1. The van der Waals surface area contributed by atoms with Crippen LogP contribution in [0.4, 0.5) is 10.1 Å². The highest BCUT2D eigenvalue weighted by molar-refractivity contribution is 9.10. The number of aliphatic hydroxyl groups is 1. The van der Waals surface area contributed by atoms with Crippen molar-refractivity contribution in [2.75, 3.05) is 4.72 Å². The predicted molar refractivity (Wildman–Crippen MR) is 82.0 cm³/mol. The molecule has 0 fully saturated rings. The minimum absolute atomic E-state index is 0.0532. The Balaban J connectivity index is 2.45. The van der Waals surface area contributed by atoms with Gasteiger partial charge in [-0.2, -0.15) is 0 Å². The van der Waals surface area contributed by atoms with Crippen LogP contribution >= 0.6 is 15.9 Å². The molecule has 0 aromatic heterocycles. The fraction of sp³-hybridized carbons (Fsp3) is 0.143. The zero-order chi connectivity index (χ0) is 15.6. The normalized spacial score (nSPS) is 11.4. The molecule has 21 heavy (non-hydrogen) atoms. The van der Waals surface area contributed by atoms with E-state index < -0.39 is 22.4 Å². The van der Waals surface area contributed by atoms with Crippen molar-refractivity contribution in [3.05, 3.63) is 57.8 Å². The Bertz CT molecular complexity index is 778. The summed E-state index contributed by atoms with van der Waals surface area (Å²) in [5.41, 5.74) is 0.488. The van der Waals surface area contributed by atoms with E-state index in [4.69, 9.17) is 5.11 Å². The van der Waals surface area contributed by atoms with Gasteiger partial charge in [0.05, 0.1) is 17.2 Å². The van der Waals surface area contributed by atoms with Gasteiger partial charge in [-0.25, -0.2) is 12.8 Å². The maximum absolute atomic E-state index is 13.7. The molecule has 112 valence electrons. The van der Waals surface area contributed by atoms with Crippen LogP contribution in [-0.2, 0) is 16.6 Å². The monoisotopic (exact) mass is 373 g/mol. The van der Waals surface area contributed by atoms with E-state index in [1.165, 1.54) is 13.0 Å². The third-order valence-corrected chi connectivity index (χ3v) is 4.94. The molecule has 0 radical (unpaired) electrons. The Morgan fingerprint density at radius 3 is 2.57 bits per heavy atom. The first kappa shape index (κ1) is 15.9. The molecule has 2 aromatic carbocycles. The molecule has 0 atom stereocenters. The minimum Gasteiger partial charge on any atom is -0.392 e. The first-order valence-corrected chi connectivity index (χ1v) is 8.30. The Kier molecular flexibility index (Phi) is 4.65. The van der Waals surface area contributed by atoms with Crippen LogP contribution in [0.5, 0.6) is 0 Å². The van der Waals surface area contributed by atoms with Gasteiger partial charge in [-0.15, -0.1) is 0 Å². The molecule has 0 heterocycles. The molecule has 0 aliphatic rings. The molecule has 2 aromatic rings. The number of anilines is 1. The van der Waals surface area contributed by atoms with Gasteiger partial charge in [-0.3, -0.25) is 4.72 Å². The van der Waals surface area contributed by atoms with E-state index in [1.54, 1.807) is 24.3 Å². The standard InChI is InChI=1S/C14H13BrFNO3S/c1-9-6-11(7-10(8-18)14(9)16)21(19,20)17-13-5-3-2-4-12(13)15/h2-7,17-18H,8H2,1H3. The second-order valence-corrected chi connectivity index (χ2v) is 6.99. The summed E-state index contributed by atoms with van der Waals surface area (Å²) in [6.45, 7) is 0.886. The maximum atomic E-state index is 13.7. The van der Waals surface area contributed by atoms with Crippen LogP contribution in [0.2, 0.25) is 0 Å². The van der Waals surface area contributed by atoms with Crippen LogP contribution in [-0.4, -0.2) is 13.5 Å². The van der Waals surface area contributed by atoms with Gasteiger partial charge in [0.1, 0.15) is 5.82 Å². The average Bonchev–Trinajstić information content (AvgIpc) is 2.44. The molecule has 4 nitrogen and oxygen atoms in total. The summed E-state index contributed by atoms with van der Waals surface area (Å²) in [6, 6.07) is 9.11. The third kappa shape index (κ3) is 3.42. The predicted octanol–water partition coefficient (Wildman–Crippen LogP) is 3.19. The Labute approximate surface area is 130 Å². The van der Waals surface area contributed by atoms with Crippen LogP contribution in [0.1, 0.15) is 11.1 Å². The third-order valence-electron chi connectivity index (χ3n) is 2.90. The fourth-order valence-corrected chi connectivity index (χ4v) is 3.55. The molecule has 0 saturated heterocycles. The van der Waals surface area contributed by atoms with Crippen molar-refractivity contribution >= 4 is 31.6 Å². The van der Waals surface area contributed by atoms with E-state index in [0.29, 0.717) is 10.2 Å². The lowest BCUT2D eigenvalue weighted by Crippen LogP contribution is -2.14. The molecule has 0 aliphatic carbocycles. The molecule has 0 amide bonds. The van der Waals surface area contributed by atoms with E-state index in [2.05, 4.69) is 20.7 Å². The molecule has 2 N–H and O–H groups in total. The van der Waals surface area contributed by atoms with Crippen LogP contribution in [0.3, 0.4) is 0 Å². The van der Waals surface area contributed by atoms with Gasteiger partial charge in [-0.1, -0.05) is 12.1 Å². The van der Waals surface area contributed by atoms with Crippen LogP contribution in [0, 0.1) is 12.7 Å². The number of rotatable bonds is 4. The summed E-state index contributed by atoms with van der Waals surface area (Å²) in [6.07, 6.45) is 0. The molecule has 0 spiro atoms. The highest BCUT2D eigenvalue weighted by atomic mass is 79.9. The topological polar surface area (TPSA) is 66.4 Å². The molecule has 0 saturated carbocycles. The van der Waals surface area contributed by atoms with Crippen molar-refractivity contribution in [1.29, 1.82) is 0 Å². The summed E-state index contributed by atoms with van der Waals surface area (Å²) >= 11 is 3.25. The fourth-order valence-electron chi connectivity index (χ4n) is 1.82. The van der Waals surface area contributed by atoms with Gasteiger partial charge >= 0.3 is 0 Å². The van der Waals surface area contributed by atoms with Crippen molar-refractivity contribution < 1.29 is 17.9 Å². The first-order valence-electron chi connectivity index (χ1n) is 6.02. The van der Waals surface area contributed by atoms with Crippen LogP contribution in [0.25, 0.3) is 0 Å². The number of aliphatic hydroxyl groups excluding tert-OH is 1. The van der Waals surface area contributed by atoms with Crippen LogP contribution < -0.4 is 4.72 Å². The zero-order valence-corrected chi connectivity index (χ0v) is 13.5. The van der Waals surface area contributed by atoms with E-state index in [1.807, 2.05) is 0 Å². The Hall–Kier alpha value is -1.44. The van der Waals surface area contributed by atoms with Crippen molar-refractivity contribution in [3.63, 3.8) is 0 Å². The van der Waals surface area contributed by atoms with Crippen molar-refractivity contribution in [2.24, 2.45) is 0 Å². The summed E-state index contributed by atoms with van der Waals surface area (Å²) in [4.78, 5) is -0.0961. The van der Waals surface area contributed by atoms with E-state index in [-0.39, 0.29) is 16.0 Å². The maximum Gasteiger partial charge on any atom is 0.261 e. The summed E-state index contributed by atoms with van der Waals surface area (Å²) < 4.78 is 41.4. The lowest BCUT2D eigenvalue weighted by atomic mass is 10.1. The van der Waals surface area contributed by atoms with Gasteiger partial charge in [-0.05, 0) is 52.7 Å². The number of benzene rings is 2. The molecule has 0 unspecified atom stereocenters. The summed E-state index contributed by atoms with van der Waals surface area (Å²) in [5.74, 6) is -0.600. The number of hydrogen-bond acceptors (Lipinski definition) is 3. The van der Waals surface area contributed by atoms with E-state index in [0.717, 1.165) is 6.07 Å². The quantitative estimate of drug-likeness (QED) is 0.864. The van der Waals surface area contributed by atoms with Crippen molar-refractivity contribution in [3.8, 4) is 0 Å². The lowest BCUT2D eigenvalue weighted by molar-refractivity contribution is 0.275.